The van der Waals surface area contributed by atoms with Crippen molar-refractivity contribution in [3.05, 3.63) is 11.4 Å². The fourth-order valence-corrected chi connectivity index (χ4v) is 1.92. The first-order valence-corrected chi connectivity index (χ1v) is 5.86. The summed E-state index contributed by atoms with van der Waals surface area (Å²) in [4.78, 5) is 13.5. The quantitative estimate of drug-likeness (QED) is 0.722. The van der Waals surface area contributed by atoms with E-state index in [0.717, 1.165) is 0 Å². The van der Waals surface area contributed by atoms with Gasteiger partial charge in [0.25, 0.3) is 0 Å². The van der Waals surface area contributed by atoms with Crippen molar-refractivity contribution in [2.24, 2.45) is 0 Å². The lowest BCUT2D eigenvalue weighted by atomic mass is 9.90. The molecule has 0 radical (unpaired) electrons. The van der Waals surface area contributed by atoms with Gasteiger partial charge in [-0.15, -0.1) is 0 Å². The van der Waals surface area contributed by atoms with Gasteiger partial charge in [-0.1, -0.05) is 10.3 Å². The van der Waals surface area contributed by atoms with Crippen molar-refractivity contribution < 1.29 is 19.6 Å². The predicted octanol–water partition coefficient (Wildman–Crippen LogP) is -0.735. The summed E-state index contributed by atoms with van der Waals surface area (Å²) in [7, 11) is 0. The Kier molecular flexibility index (Phi) is 3.36. The number of nitrogens with zero attached hydrogens (tertiary/aromatic N) is 3. The van der Waals surface area contributed by atoms with Crippen LogP contribution in [0.5, 0.6) is 0 Å². The molecule has 0 saturated carbocycles. The van der Waals surface area contributed by atoms with Gasteiger partial charge in [-0.2, -0.15) is 0 Å². The van der Waals surface area contributed by atoms with Crippen LogP contribution >= 0.6 is 0 Å². The summed E-state index contributed by atoms with van der Waals surface area (Å²) in [5.74, 6) is -0.150. The van der Waals surface area contributed by atoms with Gasteiger partial charge in [0.15, 0.2) is 0 Å². The Morgan fingerprint density at radius 3 is 2.89 bits per heavy atom. The SMILES string of the molecule is Cc1nonc1CC(=O)N1CC[C@@](C)(O)[C@H](O)C1. The fourth-order valence-electron chi connectivity index (χ4n) is 1.92. The molecule has 1 aromatic heterocycles. The molecule has 0 unspecified atom stereocenters. The lowest BCUT2D eigenvalue weighted by molar-refractivity contribution is -0.145. The molecular formula is C11H17N3O4. The highest BCUT2D eigenvalue weighted by molar-refractivity contribution is 5.78. The maximum Gasteiger partial charge on any atom is 0.228 e. The van der Waals surface area contributed by atoms with Crippen LogP contribution in [-0.2, 0) is 11.2 Å². The minimum atomic E-state index is -1.12. The smallest absolute Gasteiger partial charge is 0.228 e. The molecule has 2 atom stereocenters. The van der Waals surface area contributed by atoms with E-state index >= 15 is 0 Å². The highest BCUT2D eigenvalue weighted by Crippen LogP contribution is 2.22. The monoisotopic (exact) mass is 255 g/mol. The van der Waals surface area contributed by atoms with Crippen LogP contribution in [0.2, 0.25) is 0 Å². The van der Waals surface area contributed by atoms with Gasteiger partial charge in [0.2, 0.25) is 5.91 Å². The minimum Gasteiger partial charge on any atom is -0.388 e. The molecule has 2 N–H and O–H groups in total. The number of hydrogen-bond acceptors (Lipinski definition) is 6. The molecule has 1 fully saturated rings. The van der Waals surface area contributed by atoms with E-state index in [0.29, 0.717) is 24.4 Å². The van der Waals surface area contributed by atoms with Crippen LogP contribution in [-0.4, -0.2) is 56.1 Å². The summed E-state index contributed by atoms with van der Waals surface area (Å²) >= 11 is 0. The maximum atomic E-state index is 12.0. The summed E-state index contributed by atoms with van der Waals surface area (Å²) < 4.78 is 4.53. The molecule has 0 aliphatic carbocycles. The molecule has 2 heterocycles. The van der Waals surface area contributed by atoms with Gasteiger partial charge in [0.05, 0.1) is 18.1 Å². The zero-order chi connectivity index (χ0) is 13.3. The minimum absolute atomic E-state index is 0.101. The summed E-state index contributed by atoms with van der Waals surface area (Å²) in [6.45, 7) is 3.85. The van der Waals surface area contributed by atoms with E-state index in [4.69, 9.17) is 0 Å². The summed E-state index contributed by atoms with van der Waals surface area (Å²) in [5.41, 5.74) is -0.0259. The van der Waals surface area contributed by atoms with Gasteiger partial charge in [-0.05, 0) is 20.3 Å². The van der Waals surface area contributed by atoms with E-state index in [2.05, 4.69) is 14.9 Å². The second kappa shape index (κ2) is 4.66. The third-order valence-corrected chi connectivity index (χ3v) is 3.42. The highest BCUT2D eigenvalue weighted by atomic mass is 16.6. The number of aryl methyl sites for hydroxylation is 1. The Morgan fingerprint density at radius 2 is 2.33 bits per heavy atom. The van der Waals surface area contributed by atoms with E-state index in [9.17, 15) is 15.0 Å². The van der Waals surface area contributed by atoms with Crippen molar-refractivity contribution in [1.29, 1.82) is 0 Å². The van der Waals surface area contributed by atoms with Gasteiger partial charge in [0.1, 0.15) is 11.4 Å². The topological polar surface area (TPSA) is 99.7 Å². The Hall–Kier alpha value is -1.47. The third kappa shape index (κ3) is 2.51. The first-order chi connectivity index (χ1) is 8.40. The van der Waals surface area contributed by atoms with E-state index in [1.165, 1.54) is 4.90 Å². The normalized spacial score (nSPS) is 28.4. The highest BCUT2D eigenvalue weighted by Gasteiger charge is 2.37. The standard InChI is InChI=1S/C11H17N3O4/c1-7-8(13-18-12-7)5-10(16)14-4-3-11(2,17)9(15)6-14/h9,15,17H,3-6H2,1-2H3/t9-,11-/m1/s1. The number of piperidine rings is 1. The van der Waals surface area contributed by atoms with Crippen molar-refractivity contribution in [3.63, 3.8) is 0 Å². The number of aliphatic hydroxyl groups is 2. The molecule has 0 aromatic carbocycles. The second-order valence-electron chi connectivity index (χ2n) is 4.94. The zero-order valence-corrected chi connectivity index (χ0v) is 10.5. The number of aliphatic hydroxyl groups excluding tert-OH is 1. The first kappa shape index (κ1) is 13.0. The fraction of sp³-hybridized carbons (Fsp3) is 0.727. The number of likely N-dealkylation sites (tertiary alicyclic amines) is 1. The third-order valence-electron chi connectivity index (χ3n) is 3.42. The average Bonchev–Trinajstić information content (AvgIpc) is 2.68. The molecule has 1 amide bonds. The van der Waals surface area contributed by atoms with E-state index < -0.39 is 11.7 Å². The molecular weight excluding hydrogens is 238 g/mol. The van der Waals surface area contributed by atoms with Gasteiger partial charge >= 0.3 is 0 Å². The van der Waals surface area contributed by atoms with Gasteiger partial charge in [-0.25, -0.2) is 4.63 Å². The Labute approximate surface area is 104 Å². The average molecular weight is 255 g/mol. The van der Waals surface area contributed by atoms with Crippen molar-refractivity contribution in [1.82, 2.24) is 15.2 Å². The number of carbonyl (C=O) groups is 1. The number of carbonyl (C=O) groups excluding carboxylic acids is 1. The van der Waals surface area contributed by atoms with Gasteiger partial charge < -0.3 is 15.1 Å². The van der Waals surface area contributed by atoms with Crippen LogP contribution in [0.15, 0.2) is 4.63 Å². The summed E-state index contributed by atoms with van der Waals surface area (Å²) in [6.07, 6.45) is -0.466. The van der Waals surface area contributed by atoms with Gasteiger partial charge in [0, 0.05) is 13.1 Å². The molecule has 2 rings (SSSR count). The van der Waals surface area contributed by atoms with Crippen LogP contribution in [0.25, 0.3) is 0 Å². The van der Waals surface area contributed by atoms with Crippen LogP contribution in [0.4, 0.5) is 0 Å². The Morgan fingerprint density at radius 1 is 1.61 bits per heavy atom. The molecule has 7 heteroatoms. The second-order valence-corrected chi connectivity index (χ2v) is 4.94. The Balaban J connectivity index is 1.97. The number of β-amino-alcohol motifs (C(OH)–C–C–N with tert-alkyl or cyclic N) is 1. The molecule has 1 aliphatic rings. The molecule has 0 bridgehead atoms. The zero-order valence-electron chi connectivity index (χ0n) is 10.5. The molecule has 1 saturated heterocycles. The maximum absolute atomic E-state index is 12.0. The van der Waals surface area contributed by atoms with E-state index in [1.807, 2.05) is 0 Å². The molecule has 7 nitrogen and oxygen atoms in total. The Bertz CT molecular complexity index is 443. The molecule has 100 valence electrons. The van der Waals surface area contributed by atoms with E-state index in [-0.39, 0.29) is 18.9 Å². The largest absolute Gasteiger partial charge is 0.388 e. The molecule has 1 aromatic rings. The number of hydrogen-bond donors (Lipinski definition) is 2. The summed E-state index contributed by atoms with van der Waals surface area (Å²) in [5, 5.41) is 26.8. The van der Waals surface area contributed by atoms with Gasteiger partial charge in [-0.3, -0.25) is 4.79 Å². The number of aromatic nitrogens is 2. The number of amides is 1. The lowest BCUT2D eigenvalue weighted by Gasteiger charge is -2.39. The van der Waals surface area contributed by atoms with Crippen LogP contribution in [0.1, 0.15) is 24.7 Å². The molecule has 0 spiro atoms. The van der Waals surface area contributed by atoms with E-state index in [1.54, 1.807) is 13.8 Å². The van der Waals surface area contributed by atoms with Crippen LogP contribution < -0.4 is 0 Å². The lowest BCUT2D eigenvalue weighted by Crippen LogP contribution is -2.55. The molecule has 1 aliphatic heterocycles. The summed E-state index contributed by atoms with van der Waals surface area (Å²) in [6, 6.07) is 0. The first-order valence-electron chi connectivity index (χ1n) is 5.86. The predicted molar refractivity (Wildman–Crippen MR) is 60.6 cm³/mol. The van der Waals surface area contributed by atoms with Crippen LogP contribution in [0, 0.1) is 6.92 Å². The molecule has 18 heavy (non-hydrogen) atoms. The van der Waals surface area contributed by atoms with Crippen molar-refractivity contribution in [2.75, 3.05) is 13.1 Å². The van der Waals surface area contributed by atoms with Crippen molar-refractivity contribution in [2.45, 2.75) is 38.4 Å². The van der Waals surface area contributed by atoms with Crippen molar-refractivity contribution >= 4 is 5.91 Å². The van der Waals surface area contributed by atoms with Crippen LogP contribution in [0.3, 0.4) is 0 Å². The van der Waals surface area contributed by atoms with Crippen molar-refractivity contribution in [3.8, 4) is 0 Å². The number of rotatable bonds is 2.